The molecule has 118 valence electrons. The molecule has 8 heteroatoms. The van der Waals surface area contributed by atoms with Gasteiger partial charge in [-0.25, -0.2) is 18.5 Å². The van der Waals surface area contributed by atoms with Crippen LogP contribution in [0, 0.1) is 0 Å². The molecule has 0 aliphatic rings. The summed E-state index contributed by atoms with van der Waals surface area (Å²) in [5.41, 5.74) is 0.883. The minimum absolute atomic E-state index is 0.169. The SMILES string of the molecule is CC(C)(C)c1cc(C(=O)NCCCS(N)(=O)=O)cc(Cl)n1. The van der Waals surface area contributed by atoms with E-state index in [2.05, 4.69) is 10.3 Å². The van der Waals surface area contributed by atoms with Crippen molar-refractivity contribution in [1.82, 2.24) is 10.3 Å². The van der Waals surface area contributed by atoms with Crippen LogP contribution in [0.1, 0.15) is 43.2 Å². The summed E-state index contributed by atoms with van der Waals surface area (Å²) in [7, 11) is -3.50. The Hall–Kier alpha value is -1.18. The molecule has 0 aliphatic heterocycles. The van der Waals surface area contributed by atoms with Gasteiger partial charge in [0.25, 0.3) is 5.91 Å². The summed E-state index contributed by atoms with van der Waals surface area (Å²) in [5, 5.41) is 7.76. The highest BCUT2D eigenvalue weighted by atomic mass is 35.5. The van der Waals surface area contributed by atoms with Crippen LogP contribution in [0.15, 0.2) is 12.1 Å². The number of carbonyl (C=O) groups is 1. The molecule has 1 amide bonds. The van der Waals surface area contributed by atoms with E-state index in [4.69, 9.17) is 16.7 Å². The molecular weight excluding hydrogens is 314 g/mol. The molecule has 0 radical (unpaired) electrons. The number of nitrogens with two attached hydrogens (primary N) is 1. The normalized spacial score (nSPS) is 12.2. The fourth-order valence-electron chi connectivity index (χ4n) is 1.59. The first-order valence-corrected chi connectivity index (χ1v) is 8.55. The molecule has 0 unspecified atom stereocenters. The number of aromatic nitrogens is 1. The van der Waals surface area contributed by atoms with Crippen molar-refractivity contribution in [2.75, 3.05) is 12.3 Å². The van der Waals surface area contributed by atoms with Crippen molar-refractivity contribution in [3.63, 3.8) is 0 Å². The van der Waals surface area contributed by atoms with Gasteiger partial charge >= 0.3 is 0 Å². The highest BCUT2D eigenvalue weighted by molar-refractivity contribution is 7.89. The van der Waals surface area contributed by atoms with E-state index in [1.54, 1.807) is 6.07 Å². The fourth-order valence-corrected chi connectivity index (χ4v) is 2.34. The first-order chi connectivity index (χ1) is 9.49. The fraction of sp³-hybridized carbons (Fsp3) is 0.538. The maximum absolute atomic E-state index is 12.0. The Kier molecular flexibility index (Phi) is 5.72. The molecule has 6 nitrogen and oxygen atoms in total. The second kappa shape index (κ2) is 6.72. The molecule has 1 aromatic heterocycles. The summed E-state index contributed by atoms with van der Waals surface area (Å²) in [6.07, 6.45) is 0.259. The number of hydrogen-bond donors (Lipinski definition) is 2. The number of halogens is 1. The minimum Gasteiger partial charge on any atom is -0.352 e. The quantitative estimate of drug-likeness (QED) is 0.628. The Balaban J connectivity index is 2.73. The van der Waals surface area contributed by atoms with Gasteiger partial charge in [0, 0.05) is 23.2 Å². The zero-order valence-electron chi connectivity index (χ0n) is 12.3. The number of pyridine rings is 1. The van der Waals surface area contributed by atoms with Crippen LogP contribution in [0.4, 0.5) is 0 Å². The number of sulfonamides is 1. The van der Waals surface area contributed by atoms with Gasteiger partial charge in [-0.3, -0.25) is 4.79 Å². The first-order valence-electron chi connectivity index (χ1n) is 6.46. The van der Waals surface area contributed by atoms with E-state index in [-0.39, 0.29) is 35.2 Å². The maximum Gasteiger partial charge on any atom is 0.251 e. The largest absolute Gasteiger partial charge is 0.352 e. The van der Waals surface area contributed by atoms with Crippen molar-refractivity contribution >= 4 is 27.5 Å². The summed E-state index contributed by atoms with van der Waals surface area (Å²) >= 11 is 5.93. The highest BCUT2D eigenvalue weighted by Gasteiger charge is 2.18. The number of hydrogen-bond acceptors (Lipinski definition) is 4. The summed E-state index contributed by atoms with van der Waals surface area (Å²) in [5.74, 6) is -0.489. The van der Waals surface area contributed by atoms with Crippen molar-refractivity contribution < 1.29 is 13.2 Å². The molecule has 1 rings (SSSR count). The second-order valence-electron chi connectivity index (χ2n) is 5.79. The monoisotopic (exact) mass is 333 g/mol. The lowest BCUT2D eigenvalue weighted by atomic mass is 9.91. The van der Waals surface area contributed by atoms with Gasteiger partial charge in [-0.1, -0.05) is 32.4 Å². The van der Waals surface area contributed by atoms with Crippen molar-refractivity contribution in [2.45, 2.75) is 32.6 Å². The van der Waals surface area contributed by atoms with Gasteiger partial charge in [-0.2, -0.15) is 0 Å². The van der Waals surface area contributed by atoms with E-state index in [1.807, 2.05) is 20.8 Å². The molecule has 1 aromatic rings. The van der Waals surface area contributed by atoms with E-state index in [9.17, 15) is 13.2 Å². The van der Waals surface area contributed by atoms with E-state index < -0.39 is 10.0 Å². The number of amides is 1. The van der Waals surface area contributed by atoms with Crippen LogP contribution in [0.2, 0.25) is 5.15 Å². The summed E-state index contributed by atoms with van der Waals surface area (Å²) in [6.45, 7) is 6.14. The average Bonchev–Trinajstić information content (AvgIpc) is 2.31. The number of rotatable bonds is 5. The van der Waals surface area contributed by atoms with Crippen LogP contribution in [0.5, 0.6) is 0 Å². The number of nitrogens with one attached hydrogen (secondary N) is 1. The Morgan fingerprint density at radius 1 is 1.38 bits per heavy atom. The van der Waals surface area contributed by atoms with Crippen molar-refractivity contribution in [3.05, 3.63) is 28.5 Å². The van der Waals surface area contributed by atoms with Crippen molar-refractivity contribution in [1.29, 1.82) is 0 Å². The van der Waals surface area contributed by atoms with E-state index in [0.29, 0.717) is 11.3 Å². The van der Waals surface area contributed by atoms with E-state index in [1.165, 1.54) is 6.07 Å². The molecule has 0 bridgehead atoms. The lowest BCUT2D eigenvalue weighted by Gasteiger charge is -2.18. The molecule has 0 aromatic carbocycles. The van der Waals surface area contributed by atoms with E-state index >= 15 is 0 Å². The van der Waals surface area contributed by atoms with Crippen LogP contribution in [0.25, 0.3) is 0 Å². The molecule has 0 spiro atoms. The Labute approximate surface area is 130 Å². The molecule has 0 fully saturated rings. The molecule has 0 saturated heterocycles. The number of primary sulfonamides is 1. The summed E-state index contributed by atoms with van der Waals surface area (Å²) in [4.78, 5) is 16.2. The number of carbonyl (C=O) groups excluding carboxylic acids is 1. The third kappa shape index (κ3) is 6.41. The first kappa shape index (κ1) is 17.9. The van der Waals surface area contributed by atoms with Gasteiger partial charge in [0.2, 0.25) is 10.0 Å². The molecule has 1 heterocycles. The lowest BCUT2D eigenvalue weighted by Crippen LogP contribution is -2.28. The smallest absolute Gasteiger partial charge is 0.251 e. The topological polar surface area (TPSA) is 102 Å². The molecule has 3 N–H and O–H groups in total. The van der Waals surface area contributed by atoms with Crippen LogP contribution in [-0.4, -0.2) is 31.6 Å². The molecule has 0 atom stereocenters. The van der Waals surface area contributed by atoms with Crippen LogP contribution < -0.4 is 10.5 Å². The van der Waals surface area contributed by atoms with Gasteiger partial charge in [0.1, 0.15) is 5.15 Å². The third-order valence-corrected chi connectivity index (χ3v) is 3.77. The van der Waals surface area contributed by atoms with Gasteiger partial charge in [-0.15, -0.1) is 0 Å². The van der Waals surface area contributed by atoms with Crippen LogP contribution >= 0.6 is 11.6 Å². The second-order valence-corrected chi connectivity index (χ2v) is 7.91. The number of nitrogens with zero attached hydrogens (tertiary/aromatic N) is 1. The highest BCUT2D eigenvalue weighted by Crippen LogP contribution is 2.23. The predicted molar refractivity (Wildman–Crippen MR) is 82.9 cm³/mol. The van der Waals surface area contributed by atoms with Gasteiger partial charge in [0.05, 0.1) is 5.75 Å². The zero-order chi connectivity index (χ0) is 16.3. The standard InChI is InChI=1S/C13H20ClN3O3S/c1-13(2,3)10-7-9(8-11(14)17-10)12(18)16-5-4-6-21(15,19)20/h7-8H,4-6H2,1-3H3,(H,16,18)(H2,15,19,20). The molecular formula is C13H20ClN3O3S. The zero-order valence-corrected chi connectivity index (χ0v) is 13.9. The lowest BCUT2D eigenvalue weighted by molar-refractivity contribution is 0.0953. The van der Waals surface area contributed by atoms with Crippen molar-refractivity contribution in [2.24, 2.45) is 5.14 Å². The summed E-state index contributed by atoms with van der Waals surface area (Å²) < 4.78 is 21.6. The van der Waals surface area contributed by atoms with Crippen LogP contribution in [-0.2, 0) is 15.4 Å². The Bertz CT molecular complexity index is 624. The maximum atomic E-state index is 12.0. The average molecular weight is 334 g/mol. The van der Waals surface area contributed by atoms with Gasteiger partial charge in [-0.05, 0) is 18.6 Å². The van der Waals surface area contributed by atoms with E-state index in [0.717, 1.165) is 0 Å². The molecule has 0 aliphatic carbocycles. The Morgan fingerprint density at radius 2 is 2.00 bits per heavy atom. The minimum atomic E-state index is -3.50. The molecule has 21 heavy (non-hydrogen) atoms. The Morgan fingerprint density at radius 3 is 2.52 bits per heavy atom. The summed E-state index contributed by atoms with van der Waals surface area (Å²) in [6, 6.07) is 3.16. The molecule has 0 saturated carbocycles. The van der Waals surface area contributed by atoms with Gasteiger partial charge in [0.15, 0.2) is 0 Å². The van der Waals surface area contributed by atoms with Crippen LogP contribution in [0.3, 0.4) is 0 Å². The van der Waals surface area contributed by atoms with Gasteiger partial charge < -0.3 is 5.32 Å². The third-order valence-electron chi connectivity index (χ3n) is 2.72. The van der Waals surface area contributed by atoms with Crippen molar-refractivity contribution in [3.8, 4) is 0 Å². The predicted octanol–water partition coefficient (Wildman–Crippen LogP) is 1.44.